The summed E-state index contributed by atoms with van der Waals surface area (Å²) in [6, 6.07) is 0. The molecule has 0 aromatic heterocycles. The van der Waals surface area contributed by atoms with Crippen LogP contribution >= 0.6 is 0 Å². The molecule has 1 rings (SSSR count). The Morgan fingerprint density at radius 2 is 2.19 bits per heavy atom. The Labute approximate surface area is 100 Å². The summed E-state index contributed by atoms with van der Waals surface area (Å²) >= 11 is 0. The fraction of sp³-hybridized carbons (Fsp3) is 0.929. The van der Waals surface area contributed by atoms with E-state index >= 15 is 0 Å². The minimum Gasteiger partial charge on any atom is -0.305 e. The van der Waals surface area contributed by atoms with E-state index < -0.39 is 0 Å². The molecule has 1 saturated heterocycles. The van der Waals surface area contributed by atoms with Crippen LogP contribution in [0.3, 0.4) is 0 Å². The van der Waals surface area contributed by atoms with Crippen molar-refractivity contribution in [1.29, 1.82) is 0 Å². The summed E-state index contributed by atoms with van der Waals surface area (Å²) in [7, 11) is 0. The van der Waals surface area contributed by atoms with Gasteiger partial charge in [-0.05, 0) is 38.1 Å². The molecule has 0 aliphatic carbocycles. The first-order chi connectivity index (χ1) is 7.60. The maximum absolute atomic E-state index is 12.3. The van der Waals surface area contributed by atoms with Crippen LogP contribution in [-0.4, -0.2) is 17.9 Å². The molecule has 0 aromatic carbocycles. The Morgan fingerprint density at radius 3 is 2.69 bits per heavy atom. The molecule has 0 saturated carbocycles. The number of carbonyl (C=O) groups excluding carboxylic acids is 1. The Balaban J connectivity index is 2.42. The number of ketones is 1. The van der Waals surface area contributed by atoms with Gasteiger partial charge in [-0.3, -0.25) is 4.79 Å². The molecule has 0 bridgehead atoms. The Hall–Kier alpha value is -0.370. The predicted octanol–water partition coefficient (Wildman–Crippen LogP) is 3.30. The number of rotatable bonds is 7. The SMILES string of the molecule is CCCC1(C(=O)CCCC(C)C)CCCN1. The first-order valence-electron chi connectivity index (χ1n) is 6.89. The van der Waals surface area contributed by atoms with Gasteiger partial charge in [-0.25, -0.2) is 0 Å². The molecule has 1 heterocycles. The summed E-state index contributed by atoms with van der Waals surface area (Å²) in [5, 5.41) is 3.46. The lowest BCUT2D eigenvalue weighted by Gasteiger charge is -2.27. The molecule has 0 aromatic rings. The van der Waals surface area contributed by atoms with E-state index in [2.05, 4.69) is 26.1 Å². The number of nitrogens with one attached hydrogen (secondary N) is 1. The van der Waals surface area contributed by atoms with Crippen LogP contribution in [0.5, 0.6) is 0 Å². The van der Waals surface area contributed by atoms with Crippen molar-refractivity contribution in [3.63, 3.8) is 0 Å². The smallest absolute Gasteiger partial charge is 0.152 e. The molecule has 1 atom stereocenters. The maximum Gasteiger partial charge on any atom is 0.152 e. The van der Waals surface area contributed by atoms with E-state index in [0.717, 1.165) is 45.1 Å². The molecule has 16 heavy (non-hydrogen) atoms. The average molecular weight is 225 g/mol. The number of hydrogen-bond acceptors (Lipinski definition) is 2. The van der Waals surface area contributed by atoms with E-state index in [1.54, 1.807) is 0 Å². The van der Waals surface area contributed by atoms with Gasteiger partial charge < -0.3 is 5.32 Å². The van der Waals surface area contributed by atoms with Gasteiger partial charge in [0.1, 0.15) is 0 Å². The van der Waals surface area contributed by atoms with Crippen LogP contribution in [0.1, 0.15) is 65.7 Å². The van der Waals surface area contributed by atoms with Crippen molar-refractivity contribution < 1.29 is 4.79 Å². The highest BCUT2D eigenvalue weighted by Crippen LogP contribution is 2.27. The number of carbonyl (C=O) groups is 1. The van der Waals surface area contributed by atoms with Crippen LogP contribution in [0.4, 0.5) is 0 Å². The first kappa shape index (κ1) is 13.7. The first-order valence-corrected chi connectivity index (χ1v) is 6.89. The van der Waals surface area contributed by atoms with Gasteiger partial charge in [0.15, 0.2) is 5.78 Å². The van der Waals surface area contributed by atoms with E-state index in [4.69, 9.17) is 0 Å². The predicted molar refractivity (Wildman–Crippen MR) is 68.6 cm³/mol. The molecule has 94 valence electrons. The van der Waals surface area contributed by atoms with Crippen LogP contribution in [0.15, 0.2) is 0 Å². The molecule has 0 amide bonds. The van der Waals surface area contributed by atoms with Gasteiger partial charge in [-0.1, -0.05) is 33.6 Å². The molecule has 2 nitrogen and oxygen atoms in total. The van der Waals surface area contributed by atoms with Crippen LogP contribution < -0.4 is 5.32 Å². The minimum atomic E-state index is -0.147. The molecule has 1 aliphatic heterocycles. The van der Waals surface area contributed by atoms with Crippen molar-refractivity contribution in [3.05, 3.63) is 0 Å². The molecule has 1 fully saturated rings. The zero-order chi connectivity index (χ0) is 12.0. The molecular formula is C14H27NO. The van der Waals surface area contributed by atoms with Crippen LogP contribution in [0, 0.1) is 5.92 Å². The molecule has 1 unspecified atom stereocenters. The summed E-state index contributed by atoms with van der Waals surface area (Å²) in [6.45, 7) is 7.64. The zero-order valence-electron chi connectivity index (χ0n) is 11.1. The van der Waals surface area contributed by atoms with Crippen molar-refractivity contribution in [2.45, 2.75) is 71.3 Å². The van der Waals surface area contributed by atoms with E-state index in [0.29, 0.717) is 11.7 Å². The highest BCUT2D eigenvalue weighted by molar-refractivity contribution is 5.88. The van der Waals surface area contributed by atoms with Gasteiger partial charge in [0.25, 0.3) is 0 Å². The fourth-order valence-electron chi connectivity index (χ4n) is 2.73. The highest BCUT2D eigenvalue weighted by Gasteiger charge is 2.38. The van der Waals surface area contributed by atoms with Crippen molar-refractivity contribution >= 4 is 5.78 Å². The summed E-state index contributed by atoms with van der Waals surface area (Å²) in [5.74, 6) is 1.18. The zero-order valence-corrected chi connectivity index (χ0v) is 11.1. The molecule has 1 aliphatic rings. The third-order valence-electron chi connectivity index (χ3n) is 3.64. The van der Waals surface area contributed by atoms with E-state index in [9.17, 15) is 4.79 Å². The van der Waals surface area contributed by atoms with E-state index in [1.807, 2.05) is 0 Å². The molecule has 0 spiro atoms. The second-order valence-corrected chi connectivity index (χ2v) is 5.57. The van der Waals surface area contributed by atoms with Gasteiger partial charge in [0, 0.05) is 6.42 Å². The Kier molecular flexibility index (Phi) is 5.47. The van der Waals surface area contributed by atoms with Crippen LogP contribution in [0.2, 0.25) is 0 Å². The third-order valence-corrected chi connectivity index (χ3v) is 3.64. The topological polar surface area (TPSA) is 29.1 Å². The summed E-state index contributed by atoms with van der Waals surface area (Å²) in [4.78, 5) is 12.3. The maximum atomic E-state index is 12.3. The Morgan fingerprint density at radius 1 is 1.44 bits per heavy atom. The van der Waals surface area contributed by atoms with Gasteiger partial charge >= 0.3 is 0 Å². The van der Waals surface area contributed by atoms with Crippen molar-refractivity contribution in [2.24, 2.45) is 5.92 Å². The van der Waals surface area contributed by atoms with E-state index in [1.165, 1.54) is 6.42 Å². The average Bonchev–Trinajstić information content (AvgIpc) is 2.67. The quantitative estimate of drug-likeness (QED) is 0.720. The largest absolute Gasteiger partial charge is 0.305 e. The second kappa shape index (κ2) is 6.39. The monoisotopic (exact) mass is 225 g/mol. The van der Waals surface area contributed by atoms with Crippen LogP contribution in [-0.2, 0) is 4.79 Å². The number of Topliss-reactive ketones (excluding diaryl/α,β-unsaturated/α-hetero) is 1. The lowest BCUT2D eigenvalue weighted by atomic mass is 9.84. The molecule has 0 radical (unpaired) electrons. The molecule has 1 N–H and O–H groups in total. The highest BCUT2D eigenvalue weighted by atomic mass is 16.1. The summed E-state index contributed by atoms with van der Waals surface area (Å²) in [6.07, 6.45) is 7.34. The van der Waals surface area contributed by atoms with Crippen molar-refractivity contribution in [2.75, 3.05) is 6.54 Å². The summed E-state index contributed by atoms with van der Waals surface area (Å²) < 4.78 is 0. The molecular weight excluding hydrogens is 198 g/mol. The van der Waals surface area contributed by atoms with Crippen molar-refractivity contribution in [3.8, 4) is 0 Å². The van der Waals surface area contributed by atoms with Gasteiger partial charge in [0.05, 0.1) is 5.54 Å². The summed E-state index contributed by atoms with van der Waals surface area (Å²) in [5.41, 5.74) is -0.147. The van der Waals surface area contributed by atoms with Crippen LogP contribution in [0.25, 0.3) is 0 Å². The second-order valence-electron chi connectivity index (χ2n) is 5.57. The lowest BCUT2D eigenvalue weighted by molar-refractivity contribution is -0.125. The van der Waals surface area contributed by atoms with Crippen molar-refractivity contribution in [1.82, 2.24) is 5.32 Å². The van der Waals surface area contributed by atoms with Gasteiger partial charge in [-0.15, -0.1) is 0 Å². The normalized spacial score (nSPS) is 25.2. The fourth-order valence-corrected chi connectivity index (χ4v) is 2.73. The minimum absolute atomic E-state index is 0.147. The van der Waals surface area contributed by atoms with Gasteiger partial charge in [0.2, 0.25) is 0 Å². The Bertz CT molecular complexity index is 217. The van der Waals surface area contributed by atoms with Gasteiger partial charge in [-0.2, -0.15) is 0 Å². The lowest BCUT2D eigenvalue weighted by Crippen LogP contribution is -2.47. The standard InChI is InChI=1S/C14H27NO/c1-4-9-14(10-6-11-15-14)13(16)8-5-7-12(2)3/h12,15H,4-11H2,1-3H3. The van der Waals surface area contributed by atoms with E-state index in [-0.39, 0.29) is 5.54 Å². The molecule has 2 heteroatoms. The number of hydrogen-bond donors (Lipinski definition) is 1. The third kappa shape index (κ3) is 3.58.